The lowest BCUT2D eigenvalue weighted by molar-refractivity contribution is 0.202. The molecule has 92 valence electrons. The number of nitrogens with zero attached hydrogens (tertiary/aromatic N) is 2. The third-order valence-electron chi connectivity index (χ3n) is 3.08. The molecular weight excluding hydrogens is 216 g/mol. The first-order valence-electron chi connectivity index (χ1n) is 5.66. The van der Waals surface area contributed by atoms with Gasteiger partial charge in [-0.15, -0.1) is 0 Å². The van der Waals surface area contributed by atoms with Crippen molar-refractivity contribution in [2.24, 2.45) is 0 Å². The number of nitriles is 1. The number of nitrogens with two attached hydrogens (primary N) is 1. The summed E-state index contributed by atoms with van der Waals surface area (Å²) in [6, 6.07) is 5.29. The minimum absolute atomic E-state index is 0.0218. The van der Waals surface area contributed by atoms with Gasteiger partial charge in [-0.05, 0) is 25.0 Å². The molecule has 5 heteroatoms. The van der Waals surface area contributed by atoms with Crippen LogP contribution in [0.3, 0.4) is 0 Å². The number of rotatable bonds is 5. The third kappa shape index (κ3) is 2.86. The zero-order valence-corrected chi connectivity index (χ0v) is 10.2. The first kappa shape index (κ1) is 13.3. The van der Waals surface area contributed by atoms with E-state index in [0.29, 0.717) is 11.5 Å². The van der Waals surface area contributed by atoms with E-state index in [0.717, 1.165) is 12.8 Å². The Morgan fingerprint density at radius 1 is 1.47 bits per heavy atom. The number of anilines is 2. The summed E-state index contributed by atoms with van der Waals surface area (Å²) in [5, 5.41) is 21.5. The molecule has 0 aliphatic rings. The quantitative estimate of drug-likeness (QED) is 0.717. The average Bonchev–Trinajstić information content (AvgIpc) is 2.38. The molecule has 0 aliphatic heterocycles. The van der Waals surface area contributed by atoms with Gasteiger partial charge in [0.05, 0.1) is 17.8 Å². The van der Waals surface area contributed by atoms with Crippen LogP contribution in [-0.4, -0.2) is 22.2 Å². The summed E-state index contributed by atoms with van der Waals surface area (Å²) in [5.74, 6) is 0.563. The smallest absolute Gasteiger partial charge is 0.165 e. The summed E-state index contributed by atoms with van der Waals surface area (Å²) >= 11 is 0. The fourth-order valence-electron chi connectivity index (χ4n) is 1.59. The molecule has 0 radical (unpaired) electrons. The first-order valence-corrected chi connectivity index (χ1v) is 5.66. The van der Waals surface area contributed by atoms with Crippen molar-refractivity contribution in [1.82, 2.24) is 4.98 Å². The van der Waals surface area contributed by atoms with Crippen LogP contribution in [0.5, 0.6) is 0 Å². The summed E-state index contributed by atoms with van der Waals surface area (Å²) in [7, 11) is 0. The van der Waals surface area contributed by atoms with Gasteiger partial charge < -0.3 is 16.2 Å². The van der Waals surface area contributed by atoms with Crippen LogP contribution in [0.2, 0.25) is 0 Å². The normalized spacial score (nSPS) is 10.9. The molecule has 0 saturated carbocycles. The van der Waals surface area contributed by atoms with E-state index in [-0.39, 0.29) is 12.3 Å². The van der Waals surface area contributed by atoms with Gasteiger partial charge in [-0.25, -0.2) is 4.98 Å². The number of pyridine rings is 1. The van der Waals surface area contributed by atoms with Crippen LogP contribution < -0.4 is 11.1 Å². The van der Waals surface area contributed by atoms with Gasteiger partial charge in [0.25, 0.3) is 0 Å². The summed E-state index contributed by atoms with van der Waals surface area (Å²) in [6.45, 7) is 4.01. The number of aliphatic hydroxyl groups excluding tert-OH is 1. The predicted molar refractivity (Wildman–Crippen MR) is 67.4 cm³/mol. The highest BCUT2D eigenvalue weighted by molar-refractivity contribution is 5.55. The molecular formula is C12H18N4O. The van der Waals surface area contributed by atoms with Crippen molar-refractivity contribution in [3.63, 3.8) is 0 Å². The highest BCUT2D eigenvalue weighted by atomic mass is 16.3. The van der Waals surface area contributed by atoms with Crippen molar-refractivity contribution < 1.29 is 5.11 Å². The van der Waals surface area contributed by atoms with Gasteiger partial charge in [0, 0.05) is 0 Å². The molecule has 1 heterocycles. The SMILES string of the molecule is CCC(CC)(CO)Nc1ccc(N)c(C#N)n1. The number of aliphatic hydroxyl groups is 1. The number of nitrogens with one attached hydrogen (secondary N) is 1. The van der Waals surface area contributed by atoms with Gasteiger partial charge in [-0.2, -0.15) is 5.26 Å². The molecule has 0 aliphatic carbocycles. The molecule has 0 saturated heterocycles. The zero-order valence-electron chi connectivity index (χ0n) is 10.2. The lowest BCUT2D eigenvalue weighted by atomic mass is 9.94. The minimum atomic E-state index is -0.393. The molecule has 0 amide bonds. The molecule has 0 unspecified atom stereocenters. The molecule has 5 nitrogen and oxygen atoms in total. The van der Waals surface area contributed by atoms with E-state index in [9.17, 15) is 5.11 Å². The van der Waals surface area contributed by atoms with E-state index < -0.39 is 5.54 Å². The second kappa shape index (κ2) is 5.51. The minimum Gasteiger partial charge on any atom is -0.396 e. The number of nitrogen functional groups attached to an aromatic ring is 1. The molecule has 0 bridgehead atoms. The van der Waals surface area contributed by atoms with Crippen LogP contribution in [-0.2, 0) is 0 Å². The highest BCUT2D eigenvalue weighted by Gasteiger charge is 2.25. The number of hydrogen-bond acceptors (Lipinski definition) is 5. The van der Waals surface area contributed by atoms with Crippen molar-refractivity contribution in [2.45, 2.75) is 32.2 Å². The lowest BCUT2D eigenvalue weighted by Crippen LogP contribution is -2.41. The van der Waals surface area contributed by atoms with Crippen LogP contribution in [0.4, 0.5) is 11.5 Å². The molecule has 0 aromatic carbocycles. The summed E-state index contributed by atoms with van der Waals surface area (Å²) in [4.78, 5) is 4.11. The Balaban J connectivity index is 2.99. The molecule has 1 aromatic rings. The second-order valence-corrected chi connectivity index (χ2v) is 4.02. The van der Waals surface area contributed by atoms with E-state index in [1.54, 1.807) is 12.1 Å². The van der Waals surface area contributed by atoms with E-state index in [1.165, 1.54) is 0 Å². The molecule has 17 heavy (non-hydrogen) atoms. The van der Waals surface area contributed by atoms with Gasteiger partial charge in [0.2, 0.25) is 0 Å². The number of aromatic nitrogens is 1. The molecule has 0 spiro atoms. The third-order valence-corrected chi connectivity index (χ3v) is 3.08. The summed E-state index contributed by atoms with van der Waals surface area (Å²) < 4.78 is 0. The first-order chi connectivity index (χ1) is 8.10. The van der Waals surface area contributed by atoms with E-state index in [2.05, 4.69) is 10.3 Å². The number of hydrogen-bond donors (Lipinski definition) is 3. The van der Waals surface area contributed by atoms with Gasteiger partial charge in [0.15, 0.2) is 5.69 Å². The van der Waals surface area contributed by atoms with Crippen molar-refractivity contribution in [2.75, 3.05) is 17.7 Å². The fourth-order valence-corrected chi connectivity index (χ4v) is 1.59. The second-order valence-electron chi connectivity index (χ2n) is 4.02. The Labute approximate surface area is 101 Å². The largest absolute Gasteiger partial charge is 0.396 e. The Hall–Kier alpha value is -1.80. The van der Waals surface area contributed by atoms with Gasteiger partial charge in [-0.1, -0.05) is 13.8 Å². The standard InChI is InChI=1S/C12H18N4O/c1-3-12(4-2,8-17)16-11-6-5-9(14)10(7-13)15-11/h5-6,17H,3-4,8,14H2,1-2H3,(H,15,16). The summed E-state index contributed by atoms with van der Waals surface area (Å²) in [5.41, 5.74) is 5.77. The fraction of sp³-hybridized carbons (Fsp3) is 0.500. The van der Waals surface area contributed by atoms with Gasteiger partial charge >= 0.3 is 0 Å². The van der Waals surface area contributed by atoms with E-state index in [4.69, 9.17) is 11.0 Å². The van der Waals surface area contributed by atoms with Gasteiger partial charge in [0.1, 0.15) is 11.9 Å². The van der Waals surface area contributed by atoms with E-state index in [1.807, 2.05) is 19.9 Å². The van der Waals surface area contributed by atoms with Gasteiger partial charge in [-0.3, -0.25) is 0 Å². The predicted octanol–water partition coefficient (Wildman–Crippen LogP) is 1.50. The maximum atomic E-state index is 9.44. The Morgan fingerprint density at radius 3 is 2.59 bits per heavy atom. The Bertz CT molecular complexity index is 413. The van der Waals surface area contributed by atoms with Crippen LogP contribution in [0.25, 0.3) is 0 Å². The molecule has 4 N–H and O–H groups in total. The Kier molecular flexibility index (Phi) is 4.30. The zero-order chi connectivity index (χ0) is 12.9. The van der Waals surface area contributed by atoms with E-state index >= 15 is 0 Å². The van der Waals surface area contributed by atoms with Crippen molar-refractivity contribution in [3.8, 4) is 6.07 Å². The molecule has 0 atom stereocenters. The highest BCUT2D eigenvalue weighted by Crippen LogP contribution is 2.22. The maximum absolute atomic E-state index is 9.44. The van der Waals surface area contributed by atoms with Crippen LogP contribution in [0.1, 0.15) is 32.4 Å². The topological polar surface area (TPSA) is 95.0 Å². The molecule has 0 fully saturated rings. The van der Waals surface area contributed by atoms with Crippen LogP contribution in [0.15, 0.2) is 12.1 Å². The van der Waals surface area contributed by atoms with Crippen LogP contribution >= 0.6 is 0 Å². The average molecular weight is 234 g/mol. The summed E-state index contributed by atoms with van der Waals surface area (Å²) in [6.07, 6.45) is 1.54. The maximum Gasteiger partial charge on any atom is 0.165 e. The Morgan fingerprint density at radius 2 is 2.12 bits per heavy atom. The van der Waals surface area contributed by atoms with Crippen LogP contribution in [0, 0.1) is 11.3 Å². The van der Waals surface area contributed by atoms with Crippen molar-refractivity contribution >= 4 is 11.5 Å². The monoisotopic (exact) mass is 234 g/mol. The van der Waals surface area contributed by atoms with Crippen molar-refractivity contribution in [1.29, 1.82) is 5.26 Å². The molecule has 1 rings (SSSR count). The lowest BCUT2D eigenvalue weighted by Gasteiger charge is -2.31. The van der Waals surface area contributed by atoms with Crippen molar-refractivity contribution in [3.05, 3.63) is 17.8 Å². The molecule has 1 aromatic heterocycles.